The zero-order chi connectivity index (χ0) is 23.2. The van der Waals surface area contributed by atoms with Crippen molar-refractivity contribution in [2.24, 2.45) is 0 Å². The number of piperidine rings is 1. The van der Waals surface area contributed by atoms with E-state index in [0.29, 0.717) is 0 Å². The molecule has 0 unspecified atom stereocenters. The SMILES string of the molecule is CC(=O)O.Cc1cccc(C)c1NC(=O)C1(N(C)C)CCN([C@@H]2CCCC[C@H]2O)CC1. The molecule has 1 saturated carbocycles. The van der Waals surface area contributed by atoms with Gasteiger partial charge in [0.25, 0.3) is 5.97 Å². The summed E-state index contributed by atoms with van der Waals surface area (Å²) in [6.45, 7) is 6.89. The van der Waals surface area contributed by atoms with Crippen LogP contribution in [0.15, 0.2) is 18.2 Å². The third-order valence-corrected chi connectivity index (χ3v) is 6.79. The maximum atomic E-state index is 13.4. The number of likely N-dealkylation sites (N-methyl/N-ethyl adjacent to an activating group) is 1. The molecule has 3 rings (SSSR count). The van der Waals surface area contributed by atoms with Crippen LogP contribution in [0.25, 0.3) is 0 Å². The highest BCUT2D eigenvalue weighted by molar-refractivity contribution is 5.99. The first kappa shape index (κ1) is 25.3. The molecule has 2 atom stereocenters. The van der Waals surface area contributed by atoms with Crippen molar-refractivity contribution in [1.82, 2.24) is 9.80 Å². The molecule has 1 heterocycles. The van der Waals surface area contributed by atoms with E-state index in [2.05, 4.69) is 15.1 Å². The summed E-state index contributed by atoms with van der Waals surface area (Å²) in [6.07, 6.45) is 5.68. The molecule has 1 saturated heterocycles. The number of anilines is 1. The lowest BCUT2D eigenvalue weighted by Gasteiger charge is -2.48. The van der Waals surface area contributed by atoms with Crippen LogP contribution >= 0.6 is 0 Å². The highest BCUT2D eigenvalue weighted by atomic mass is 16.4. The molecule has 1 amide bonds. The van der Waals surface area contributed by atoms with Gasteiger partial charge in [0.2, 0.25) is 5.91 Å². The lowest BCUT2D eigenvalue weighted by atomic mass is 9.82. The van der Waals surface area contributed by atoms with Gasteiger partial charge in [-0.2, -0.15) is 0 Å². The van der Waals surface area contributed by atoms with E-state index in [1.54, 1.807) is 0 Å². The Kier molecular flexibility index (Phi) is 9.03. The standard InChI is InChI=1S/C22H35N3O2.C2H4O2/c1-16-8-7-9-17(2)20(16)23-21(27)22(24(3)4)12-14-25(15-13-22)18-10-5-6-11-19(18)26;1-2(3)4/h7-9,18-19,26H,5-6,10-15H2,1-4H3,(H,23,27);1H3,(H,3,4)/t18-,19-;/m1./s1. The Morgan fingerprint density at radius 2 is 1.61 bits per heavy atom. The summed E-state index contributed by atoms with van der Waals surface area (Å²) in [5.74, 6) is -0.742. The number of carboxylic acids is 1. The highest BCUT2D eigenvalue weighted by Gasteiger charge is 2.45. The van der Waals surface area contributed by atoms with E-state index in [4.69, 9.17) is 9.90 Å². The molecule has 0 aromatic heterocycles. The fourth-order valence-electron chi connectivity index (χ4n) is 4.86. The molecule has 2 fully saturated rings. The monoisotopic (exact) mass is 433 g/mol. The lowest BCUT2D eigenvalue weighted by Crippen LogP contribution is -2.61. The minimum Gasteiger partial charge on any atom is -0.481 e. The molecular formula is C24H39N3O4. The number of para-hydroxylation sites is 1. The van der Waals surface area contributed by atoms with Crippen LogP contribution in [0.2, 0.25) is 0 Å². The number of hydrogen-bond acceptors (Lipinski definition) is 5. The number of nitrogens with zero attached hydrogens (tertiary/aromatic N) is 2. The van der Waals surface area contributed by atoms with Crippen molar-refractivity contribution in [2.45, 2.75) is 77.0 Å². The average molecular weight is 434 g/mol. The second kappa shape index (κ2) is 11.1. The minimum absolute atomic E-state index is 0.0914. The molecular weight excluding hydrogens is 394 g/mol. The van der Waals surface area contributed by atoms with E-state index < -0.39 is 11.5 Å². The van der Waals surface area contributed by atoms with Gasteiger partial charge in [-0.3, -0.25) is 19.4 Å². The van der Waals surface area contributed by atoms with Crippen LogP contribution in [0.4, 0.5) is 5.69 Å². The fraction of sp³-hybridized carbons (Fsp3) is 0.667. The smallest absolute Gasteiger partial charge is 0.300 e. The molecule has 1 aromatic carbocycles. The molecule has 1 aliphatic heterocycles. The number of aliphatic hydroxyl groups is 1. The first-order valence-corrected chi connectivity index (χ1v) is 11.2. The topological polar surface area (TPSA) is 93.1 Å². The van der Waals surface area contributed by atoms with Gasteiger partial charge in [0, 0.05) is 31.7 Å². The molecule has 7 heteroatoms. The molecule has 3 N–H and O–H groups in total. The van der Waals surface area contributed by atoms with Gasteiger partial charge in [0.05, 0.1) is 6.10 Å². The predicted octanol–water partition coefficient (Wildman–Crippen LogP) is 3.03. The number of likely N-dealkylation sites (tertiary alicyclic amines) is 1. The number of benzene rings is 1. The summed E-state index contributed by atoms with van der Waals surface area (Å²) in [6, 6.07) is 6.37. The first-order valence-electron chi connectivity index (χ1n) is 11.2. The molecule has 1 aliphatic carbocycles. The van der Waals surface area contributed by atoms with Gasteiger partial charge in [0.1, 0.15) is 5.54 Å². The summed E-state index contributed by atoms with van der Waals surface area (Å²) in [7, 11) is 4.02. The van der Waals surface area contributed by atoms with E-state index in [0.717, 1.165) is 68.9 Å². The molecule has 31 heavy (non-hydrogen) atoms. The molecule has 0 radical (unpaired) electrons. The van der Waals surface area contributed by atoms with Crippen molar-refractivity contribution in [3.05, 3.63) is 29.3 Å². The van der Waals surface area contributed by atoms with Gasteiger partial charge in [-0.1, -0.05) is 31.0 Å². The predicted molar refractivity (Wildman–Crippen MR) is 123 cm³/mol. The molecule has 7 nitrogen and oxygen atoms in total. The molecule has 0 spiro atoms. The van der Waals surface area contributed by atoms with Crippen LogP contribution < -0.4 is 5.32 Å². The van der Waals surface area contributed by atoms with Crippen molar-refractivity contribution < 1.29 is 19.8 Å². The van der Waals surface area contributed by atoms with Crippen LogP contribution in [0, 0.1) is 13.8 Å². The maximum absolute atomic E-state index is 13.4. The largest absolute Gasteiger partial charge is 0.481 e. The van der Waals surface area contributed by atoms with E-state index in [-0.39, 0.29) is 18.1 Å². The van der Waals surface area contributed by atoms with Gasteiger partial charge in [0.15, 0.2) is 0 Å². The van der Waals surface area contributed by atoms with Gasteiger partial charge >= 0.3 is 0 Å². The lowest BCUT2D eigenvalue weighted by molar-refractivity contribution is -0.134. The Balaban J connectivity index is 0.000000785. The fourth-order valence-corrected chi connectivity index (χ4v) is 4.86. The van der Waals surface area contributed by atoms with Crippen molar-refractivity contribution >= 4 is 17.6 Å². The number of rotatable bonds is 4. The van der Waals surface area contributed by atoms with Gasteiger partial charge in [-0.15, -0.1) is 0 Å². The van der Waals surface area contributed by atoms with Crippen molar-refractivity contribution in [2.75, 3.05) is 32.5 Å². The third-order valence-electron chi connectivity index (χ3n) is 6.79. The molecule has 1 aromatic rings. The van der Waals surface area contributed by atoms with E-state index in [9.17, 15) is 9.90 Å². The zero-order valence-corrected chi connectivity index (χ0v) is 19.6. The van der Waals surface area contributed by atoms with Crippen LogP contribution in [0.1, 0.15) is 56.6 Å². The Morgan fingerprint density at radius 1 is 1.10 bits per heavy atom. The van der Waals surface area contributed by atoms with Crippen molar-refractivity contribution in [3.8, 4) is 0 Å². The Hall–Kier alpha value is -1.96. The first-order chi connectivity index (χ1) is 14.6. The normalized spacial score (nSPS) is 23.6. The summed E-state index contributed by atoms with van der Waals surface area (Å²) in [4.78, 5) is 26.9. The number of amides is 1. The summed E-state index contributed by atoms with van der Waals surface area (Å²) >= 11 is 0. The number of carbonyl (C=O) groups is 2. The molecule has 174 valence electrons. The maximum Gasteiger partial charge on any atom is 0.300 e. The van der Waals surface area contributed by atoms with Gasteiger partial charge in [-0.25, -0.2) is 0 Å². The average Bonchev–Trinajstić information content (AvgIpc) is 2.70. The van der Waals surface area contributed by atoms with E-state index in [1.807, 2.05) is 46.1 Å². The number of hydrogen-bond donors (Lipinski definition) is 3. The third kappa shape index (κ3) is 6.28. The van der Waals surface area contributed by atoms with Gasteiger partial charge < -0.3 is 15.5 Å². The highest BCUT2D eigenvalue weighted by Crippen LogP contribution is 2.33. The summed E-state index contributed by atoms with van der Waals surface area (Å²) in [5.41, 5.74) is 2.64. The second-order valence-corrected chi connectivity index (χ2v) is 9.12. The van der Waals surface area contributed by atoms with Crippen molar-refractivity contribution in [1.29, 1.82) is 0 Å². The van der Waals surface area contributed by atoms with Gasteiger partial charge in [-0.05, 0) is 64.8 Å². The number of aliphatic hydroxyl groups excluding tert-OH is 1. The molecule has 2 aliphatic rings. The van der Waals surface area contributed by atoms with Crippen LogP contribution in [0.3, 0.4) is 0 Å². The van der Waals surface area contributed by atoms with E-state index >= 15 is 0 Å². The Morgan fingerprint density at radius 3 is 2.10 bits per heavy atom. The quantitative estimate of drug-likeness (QED) is 0.676. The summed E-state index contributed by atoms with van der Waals surface area (Å²) < 4.78 is 0. The van der Waals surface area contributed by atoms with Crippen LogP contribution in [-0.4, -0.2) is 76.8 Å². The van der Waals surface area contributed by atoms with Crippen LogP contribution in [0.5, 0.6) is 0 Å². The van der Waals surface area contributed by atoms with Crippen molar-refractivity contribution in [3.63, 3.8) is 0 Å². The Bertz CT molecular complexity index is 733. The number of carbonyl (C=O) groups excluding carboxylic acids is 1. The number of aliphatic carboxylic acids is 1. The molecule has 0 bridgehead atoms. The summed E-state index contributed by atoms with van der Waals surface area (Å²) in [5, 5.41) is 21.0. The Labute approximate surface area is 186 Å². The van der Waals surface area contributed by atoms with E-state index in [1.165, 1.54) is 6.42 Å². The number of carboxylic acid groups (broad SMARTS) is 1. The second-order valence-electron chi connectivity index (χ2n) is 9.12. The minimum atomic E-state index is -0.833. The number of aryl methyl sites for hydroxylation is 2. The zero-order valence-electron chi connectivity index (χ0n) is 19.6. The van der Waals surface area contributed by atoms with Crippen LogP contribution in [-0.2, 0) is 9.59 Å². The number of nitrogens with one attached hydrogen (secondary N) is 1.